The molecule has 356 valence electrons. The molecule has 0 unspecified atom stereocenters. The van der Waals surface area contributed by atoms with Crippen LogP contribution in [0.2, 0.25) is 0 Å². The molecule has 0 bridgehead atoms. The van der Waals surface area contributed by atoms with Crippen molar-refractivity contribution in [3.05, 3.63) is 36.5 Å². The summed E-state index contributed by atoms with van der Waals surface area (Å²) in [7, 11) is 0. The summed E-state index contributed by atoms with van der Waals surface area (Å²) in [5.41, 5.74) is 0. The highest BCUT2D eigenvalue weighted by molar-refractivity contribution is 5.71. The van der Waals surface area contributed by atoms with Gasteiger partial charge in [-0.1, -0.05) is 198 Å². The third-order valence-corrected chi connectivity index (χ3v) is 11.6. The third kappa shape index (κ3) is 48.5. The fraction of sp³-hybridized carbons (Fsp3) is 0.836. The highest BCUT2D eigenvalue weighted by atomic mass is 16.6. The van der Waals surface area contributed by atoms with Crippen LogP contribution in [0.25, 0.3) is 0 Å². The molecule has 0 radical (unpaired) electrons. The van der Waals surface area contributed by atoms with E-state index >= 15 is 0 Å². The molecule has 61 heavy (non-hydrogen) atoms. The van der Waals surface area contributed by atoms with Gasteiger partial charge in [-0.25, -0.2) is 0 Å². The van der Waals surface area contributed by atoms with Crippen LogP contribution in [0, 0.1) is 0 Å². The smallest absolute Gasteiger partial charge is 0.306 e. The summed E-state index contributed by atoms with van der Waals surface area (Å²) in [4.78, 5) is 38.0. The van der Waals surface area contributed by atoms with E-state index in [4.69, 9.17) is 14.2 Å². The lowest BCUT2D eigenvalue weighted by atomic mass is 10.1. The number of allylic oxidation sites excluding steroid dienone is 6. The van der Waals surface area contributed by atoms with Gasteiger partial charge in [0.15, 0.2) is 6.10 Å². The van der Waals surface area contributed by atoms with E-state index in [1.165, 1.54) is 161 Å². The maximum Gasteiger partial charge on any atom is 0.306 e. The van der Waals surface area contributed by atoms with Crippen LogP contribution in [0.5, 0.6) is 0 Å². The molecule has 0 N–H and O–H groups in total. The lowest BCUT2D eigenvalue weighted by Crippen LogP contribution is -2.30. The van der Waals surface area contributed by atoms with E-state index in [0.717, 1.165) is 77.0 Å². The first-order valence-electron chi connectivity index (χ1n) is 26.5. The fourth-order valence-corrected chi connectivity index (χ4v) is 7.54. The number of rotatable bonds is 48. The van der Waals surface area contributed by atoms with Crippen LogP contribution < -0.4 is 0 Å². The maximum absolute atomic E-state index is 12.8. The van der Waals surface area contributed by atoms with Crippen molar-refractivity contribution in [1.29, 1.82) is 0 Å². The Labute approximate surface area is 378 Å². The Kier molecular flexibility index (Phi) is 48.3. The first-order chi connectivity index (χ1) is 30.0. The number of esters is 3. The maximum atomic E-state index is 12.8. The van der Waals surface area contributed by atoms with Crippen LogP contribution in [0.1, 0.15) is 278 Å². The summed E-state index contributed by atoms with van der Waals surface area (Å²) in [6.07, 6.45) is 58.3. The molecule has 0 aliphatic carbocycles. The Morgan fingerprint density at radius 3 is 0.836 bits per heavy atom. The van der Waals surface area contributed by atoms with Gasteiger partial charge < -0.3 is 14.2 Å². The van der Waals surface area contributed by atoms with Crippen molar-refractivity contribution in [3.8, 4) is 0 Å². The summed E-state index contributed by atoms with van der Waals surface area (Å²) in [6, 6.07) is 0. The topological polar surface area (TPSA) is 78.9 Å². The quantitative estimate of drug-likeness (QED) is 0.0262. The minimum atomic E-state index is -0.779. The molecule has 1 atom stereocenters. The summed E-state index contributed by atoms with van der Waals surface area (Å²) in [5.74, 6) is -0.891. The number of carbonyl (C=O) groups excluding carboxylic acids is 3. The second kappa shape index (κ2) is 50.3. The molecule has 0 rings (SSSR count). The number of carbonyl (C=O) groups is 3. The van der Waals surface area contributed by atoms with Crippen molar-refractivity contribution in [1.82, 2.24) is 0 Å². The van der Waals surface area contributed by atoms with Crippen molar-refractivity contribution in [2.75, 3.05) is 13.2 Å². The number of hydrogen-bond donors (Lipinski definition) is 0. The molecule has 0 saturated carbocycles. The van der Waals surface area contributed by atoms with Gasteiger partial charge in [0.1, 0.15) is 13.2 Å². The van der Waals surface area contributed by atoms with E-state index in [-0.39, 0.29) is 31.1 Å². The van der Waals surface area contributed by atoms with Gasteiger partial charge in [0.25, 0.3) is 0 Å². The molecule has 0 aromatic rings. The highest BCUT2D eigenvalue weighted by Crippen LogP contribution is 2.15. The molecule has 0 saturated heterocycles. The van der Waals surface area contributed by atoms with Gasteiger partial charge in [-0.05, 0) is 96.3 Å². The molecule has 0 spiro atoms. The summed E-state index contributed by atoms with van der Waals surface area (Å²) in [6.45, 7) is 6.61. The molecule has 0 aromatic heterocycles. The highest BCUT2D eigenvalue weighted by Gasteiger charge is 2.19. The van der Waals surface area contributed by atoms with Gasteiger partial charge in [-0.15, -0.1) is 0 Å². The summed E-state index contributed by atoms with van der Waals surface area (Å²) >= 11 is 0. The molecule has 0 aliphatic heterocycles. The first-order valence-corrected chi connectivity index (χ1v) is 26.5. The van der Waals surface area contributed by atoms with E-state index in [2.05, 4.69) is 57.2 Å². The SMILES string of the molecule is CCCCCC/C=C/CCCCCCCCCC(=O)OC[C@@H](COC(=O)CCCCCCC/C=C/CCCCCCC)OC(=O)CCCCCCC/C=C/CCCCCCC. The van der Waals surface area contributed by atoms with Gasteiger partial charge in [0, 0.05) is 19.3 Å². The third-order valence-electron chi connectivity index (χ3n) is 11.6. The second-order valence-electron chi connectivity index (χ2n) is 17.8. The monoisotopic (exact) mass is 857 g/mol. The largest absolute Gasteiger partial charge is 0.462 e. The lowest BCUT2D eigenvalue weighted by Gasteiger charge is -2.18. The molecule has 0 aromatic carbocycles. The Morgan fingerprint density at radius 1 is 0.311 bits per heavy atom. The first kappa shape index (κ1) is 58.6. The summed E-state index contributed by atoms with van der Waals surface area (Å²) in [5, 5.41) is 0. The fourth-order valence-electron chi connectivity index (χ4n) is 7.54. The Bertz CT molecular complexity index is 1030. The zero-order chi connectivity index (χ0) is 44.4. The standard InChI is InChI=1S/C55H100O6/c1-4-7-10-13-16-19-22-25-28-31-33-36-39-42-45-48-54(57)60-51-52(61-55(58)49-46-43-40-37-34-30-27-24-21-18-15-12-9-6-3)50-59-53(56)47-44-41-38-35-32-29-26-23-20-17-14-11-8-5-2/h19,22-24,26-27,52H,4-18,20-21,25,28-51H2,1-3H3/b22-19+,26-23+,27-24+/t52-/m1/s1. The molecule has 6 nitrogen and oxygen atoms in total. The molecular formula is C55H100O6. The van der Waals surface area contributed by atoms with E-state index in [1.807, 2.05) is 0 Å². The average molecular weight is 857 g/mol. The minimum absolute atomic E-state index is 0.0788. The van der Waals surface area contributed by atoms with Gasteiger partial charge in [0.05, 0.1) is 0 Å². The molecule has 6 heteroatoms. The second-order valence-corrected chi connectivity index (χ2v) is 17.8. The van der Waals surface area contributed by atoms with E-state index in [9.17, 15) is 14.4 Å². The van der Waals surface area contributed by atoms with Crippen molar-refractivity contribution in [2.24, 2.45) is 0 Å². The molecular weight excluding hydrogens is 757 g/mol. The summed E-state index contributed by atoms with van der Waals surface area (Å²) < 4.78 is 16.8. The van der Waals surface area contributed by atoms with Crippen LogP contribution in [-0.2, 0) is 28.6 Å². The zero-order valence-corrected chi connectivity index (χ0v) is 40.7. The van der Waals surface area contributed by atoms with Crippen LogP contribution in [0.3, 0.4) is 0 Å². The van der Waals surface area contributed by atoms with Crippen molar-refractivity contribution >= 4 is 17.9 Å². The Balaban J connectivity index is 4.39. The number of hydrogen-bond acceptors (Lipinski definition) is 6. The Morgan fingerprint density at radius 2 is 0.541 bits per heavy atom. The molecule has 0 aliphatic rings. The molecule has 0 fully saturated rings. The van der Waals surface area contributed by atoms with Crippen LogP contribution in [0.15, 0.2) is 36.5 Å². The predicted molar refractivity (Wildman–Crippen MR) is 261 cm³/mol. The number of unbranched alkanes of at least 4 members (excludes halogenated alkanes) is 31. The normalized spacial score (nSPS) is 12.2. The lowest BCUT2D eigenvalue weighted by molar-refractivity contribution is -0.167. The van der Waals surface area contributed by atoms with E-state index < -0.39 is 6.10 Å². The molecule has 0 amide bonds. The van der Waals surface area contributed by atoms with Crippen molar-refractivity contribution in [3.63, 3.8) is 0 Å². The average Bonchev–Trinajstić information content (AvgIpc) is 3.26. The van der Waals surface area contributed by atoms with Gasteiger partial charge in [0.2, 0.25) is 0 Å². The minimum Gasteiger partial charge on any atom is -0.462 e. The predicted octanol–water partition coefficient (Wildman–Crippen LogP) is 17.3. The van der Waals surface area contributed by atoms with Crippen LogP contribution >= 0.6 is 0 Å². The van der Waals surface area contributed by atoms with E-state index in [0.29, 0.717) is 19.3 Å². The van der Waals surface area contributed by atoms with Crippen molar-refractivity contribution in [2.45, 2.75) is 284 Å². The van der Waals surface area contributed by atoms with Gasteiger partial charge in [-0.2, -0.15) is 0 Å². The Hall–Kier alpha value is -2.37. The van der Waals surface area contributed by atoms with Crippen LogP contribution in [-0.4, -0.2) is 37.2 Å². The van der Waals surface area contributed by atoms with Gasteiger partial charge >= 0.3 is 17.9 Å². The zero-order valence-electron chi connectivity index (χ0n) is 40.7. The number of ether oxygens (including phenoxy) is 3. The van der Waals surface area contributed by atoms with Gasteiger partial charge in [-0.3, -0.25) is 14.4 Å². The van der Waals surface area contributed by atoms with E-state index in [1.54, 1.807) is 0 Å². The van der Waals surface area contributed by atoms with Crippen LogP contribution in [0.4, 0.5) is 0 Å². The van der Waals surface area contributed by atoms with Crippen molar-refractivity contribution < 1.29 is 28.6 Å². The molecule has 0 heterocycles.